The molecule has 0 aromatic heterocycles. The summed E-state index contributed by atoms with van der Waals surface area (Å²) in [4.78, 5) is 12.3. The Hall–Kier alpha value is -3.25. The minimum atomic E-state index is -0.557. The molecule has 6 heteroatoms. The van der Waals surface area contributed by atoms with E-state index in [9.17, 15) is 25.2 Å². The molecule has 0 aliphatic rings. The van der Waals surface area contributed by atoms with Gasteiger partial charge in [-0.1, -0.05) is 11.6 Å². The van der Waals surface area contributed by atoms with Crippen LogP contribution in [0.3, 0.4) is 0 Å². The minimum Gasteiger partial charge on any atom is -0.508 e. The van der Waals surface area contributed by atoms with Gasteiger partial charge in [0.1, 0.15) is 23.0 Å². The zero-order chi connectivity index (χ0) is 19.3. The molecule has 0 saturated heterocycles. The van der Waals surface area contributed by atoms with E-state index in [0.29, 0.717) is 17.5 Å². The van der Waals surface area contributed by atoms with Crippen LogP contribution < -0.4 is 0 Å². The number of rotatable bonds is 6. The summed E-state index contributed by atoms with van der Waals surface area (Å²) in [5.74, 6) is -1.28. The standard InChI is InChI=1S/C20H20O6/c1-12(11-21)2-3-14-8-20(26)16(10-19(14)25)17(23)7-5-13-4-6-15(22)9-18(13)24/h2,4-10,21-22,24-26H,3,11H2,1H3/b7-5+,12-2-. The normalized spacial score (nSPS) is 11.8. The molecule has 0 fully saturated rings. The molecule has 2 aromatic carbocycles. The van der Waals surface area contributed by atoms with Gasteiger partial charge < -0.3 is 25.5 Å². The van der Waals surface area contributed by atoms with Crippen LogP contribution in [0.1, 0.15) is 28.4 Å². The largest absolute Gasteiger partial charge is 0.508 e. The number of phenolic OH excluding ortho intramolecular Hbond substituents is 4. The molecule has 0 saturated carbocycles. The Kier molecular flexibility index (Phi) is 6.03. The lowest BCUT2D eigenvalue weighted by Crippen LogP contribution is -1.97. The number of hydrogen-bond acceptors (Lipinski definition) is 6. The van der Waals surface area contributed by atoms with Crippen LogP contribution in [-0.4, -0.2) is 37.9 Å². The molecule has 0 bridgehead atoms. The van der Waals surface area contributed by atoms with Crippen molar-refractivity contribution in [2.45, 2.75) is 13.3 Å². The lowest BCUT2D eigenvalue weighted by molar-refractivity contribution is 0.104. The zero-order valence-electron chi connectivity index (χ0n) is 14.2. The summed E-state index contributed by atoms with van der Waals surface area (Å²) >= 11 is 0. The van der Waals surface area contributed by atoms with E-state index in [-0.39, 0.29) is 35.2 Å². The Bertz CT molecular complexity index is 880. The highest BCUT2D eigenvalue weighted by atomic mass is 16.3. The summed E-state index contributed by atoms with van der Waals surface area (Å²) in [6.07, 6.45) is 4.51. The summed E-state index contributed by atoms with van der Waals surface area (Å²) in [7, 11) is 0. The third kappa shape index (κ3) is 4.64. The second-order valence-corrected chi connectivity index (χ2v) is 5.85. The Morgan fingerprint density at radius 2 is 1.73 bits per heavy atom. The monoisotopic (exact) mass is 356 g/mol. The molecule has 0 spiro atoms. The number of ketones is 1. The van der Waals surface area contributed by atoms with Crippen molar-refractivity contribution >= 4 is 11.9 Å². The van der Waals surface area contributed by atoms with Crippen LogP contribution in [0.2, 0.25) is 0 Å². The molecule has 0 atom stereocenters. The number of allylic oxidation sites excluding steroid dienone is 2. The van der Waals surface area contributed by atoms with Gasteiger partial charge in [-0.15, -0.1) is 0 Å². The quantitative estimate of drug-likeness (QED) is 0.235. The predicted octanol–water partition coefficient (Wildman–Crippen LogP) is 2.89. The SMILES string of the molecule is C/C(=C/Cc1cc(O)c(C(=O)/C=C/c2ccc(O)cc2O)cc1O)CO. The van der Waals surface area contributed by atoms with Crippen molar-refractivity contribution in [3.05, 3.63) is 64.7 Å². The Morgan fingerprint density at radius 3 is 2.38 bits per heavy atom. The maximum atomic E-state index is 12.3. The van der Waals surface area contributed by atoms with Gasteiger partial charge in [0.25, 0.3) is 0 Å². The lowest BCUT2D eigenvalue weighted by Gasteiger charge is -2.07. The molecule has 26 heavy (non-hydrogen) atoms. The predicted molar refractivity (Wildman–Crippen MR) is 97.5 cm³/mol. The van der Waals surface area contributed by atoms with Crippen LogP contribution in [0.25, 0.3) is 6.08 Å². The summed E-state index contributed by atoms with van der Waals surface area (Å²) in [6.45, 7) is 1.64. The van der Waals surface area contributed by atoms with Gasteiger partial charge in [-0.05, 0) is 49.8 Å². The highest BCUT2D eigenvalue weighted by Gasteiger charge is 2.13. The van der Waals surface area contributed by atoms with E-state index in [2.05, 4.69) is 0 Å². The van der Waals surface area contributed by atoms with Gasteiger partial charge in [0.05, 0.1) is 12.2 Å². The zero-order valence-corrected chi connectivity index (χ0v) is 14.2. The third-order valence-corrected chi connectivity index (χ3v) is 3.81. The molecular formula is C20H20O6. The van der Waals surface area contributed by atoms with Crippen LogP contribution >= 0.6 is 0 Å². The number of aliphatic hydroxyl groups excluding tert-OH is 1. The third-order valence-electron chi connectivity index (χ3n) is 3.81. The van der Waals surface area contributed by atoms with Gasteiger partial charge >= 0.3 is 0 Å². The van der Waals surface area contributed by atoms with E-state index in [1.807, 2.05) is 0 Å². The average molecular weight is 356 g/mol. The number of hydrogen-bond donors (Lipinski definition) is 5. The molecule has 0 unspecified atom stereocenters. The van der Waals surface area contributed by atoms with Gasteiger partial charge in [0, 0.05) is 17.2 Å². The fraction of sp³-hybridized carbons (Fsp3) is 0.150. The number of phenols is 4. The van der Waals surface area contributed by atoms with E-state index in [1.165, 1.54) is 30.3 Å². The van der Waals surface area contributed by atoms with Crippen LogP contribution in [0.5, 0.6) is 23.0 Å². The highest BCUT2D eigenvalue weighted by molar-refractivity contribution is 6.09. The second-order valence-electron chi connectivity index (χ2n) is 5.85. The highest BCUT2D eigenvalue weighted by Crippen LogP contribution is 2.29. The van der Waals surface area contributed by atoms with Crippen molar-refractivity contribution in [3.8, 4) is 23.0 Å². The molecule has 0 aliphatic heterocycles. The number of aromatic hydroxyl groups is 4. The summed E-state index contributed by atoms with van der Waals surface area (Å²) < 4.78 is 0. The first-order chi connectivity index (χ1) is 12.3. The summed E-state index contributed by atoms with van der Waals surface area (Å²) in [5.41, 5.74) is 1.39. The first kappa shape index (κ1) is 19.1. The molecule has 0 amide bonds. The van der Waals surface area contributed by atoms with E-state index in [4.69, 9.17) is 5.11 Å². The first-order valence-electron chi connectivity index (χ1n) is 7.87. The summed E-state index contributed by atoms with van der Waals surface area (Å²) in [5, 5.41) is 48.1. The number of benzene rings is 2. The number of aliphatic hydroxyl groups is 1. The molecule has 0 radical (unpaired) electrons. The maximum absolute atomic E-state index is 12.3. The van der Waals surface area contributed by atoms with Crippen molar-refractivity contribution in [2.24, 2.45) is 0 Å². The van der Waals surface area contributed by atoms with E-state index < -0.39 is 5.78 Å². The van der Waals surface area contributed by atoms with Gasteiger partial charge in [0.15, 0.2) is 5.78 Å². The number of carbonyl (C=O) groups excluding carboxylic acids is 1. The van der Waals surface area contributed by atoms with Crippen molar-refractivity contribution in [3.63, 3.8) is 0 Å². The van der Waals surface area contributed by atoms with E-state index in [1.54, 1.807) is 13.0 Å². The molecule has 6 nitrogen and oxygen atoms in total. The van der Waals surface area contributed by atoms with Crippen molar-refractivity contribution < 1.29 is 30.3 Å². The van der Waals surface area contributed by atoms with Gasteiger partial charge in [0.2, 0.25) is 0 Å². The molecule has 2 aromatic rings. The molecule has 2 rings (SSSR count). The summed E-state index contributed by atoms with van der Waals surface area (Å²) in [6, 6.07) is 6.42. The van der Waals surface area contributed by atoms with Crippen LogP contribution in [0.15, 0.2) is 48.1 Å². The Labute approximate surface area is 150 Å². The first-order valence-corrected chi connectivity index (χ1v) is 7.87. The van der Waals surface area contributed by atoms with Gasteiger partial charge in [-0.25, -0.2) is 0 Å². The smallest absolute Gasteiger partial charge is 0.189 e. The molecule has 136 valence electrons. The fourth-order valence-electron chi connectivity index (χ4n) is 2.26. The maximum Gasteiger partial charge on any atom is 0.189 e. The van der Waals surface area contributed by atoms with E-state index in [0.717, 1.165) is 17.7 Å². The topological polar surface area (TPSA) is 118 Å². The number of carbonyl (C=O) groups is 1. The Balaban J connectivity index is 2.23. The lowest BCUT2D eigenvalue weighted by atomic mass is 10.0. The molecule has 5 N–H and O–H groups in total. The molecular weight excluding hydrogens is 336 g/mol. The van der Waals surface area contributed by atoms with Crippen LogP contribution in [0, 0.1) is 0 Å². The van der Waals surface area contributed by atoms with Crippen molar-refractivity contribution in [1.29, 1.82) is 0 Å². The average Bonchev–Trinajstić information content (AvgIpc) is 2.60. The van der Waals surface area contributed by atoms with Crippen LogP contribution in [-0.2, 0) is 6.42 Å². The minimum absolute atomic E-state index is 0.0800. The Morgan fingerprint density at radius 1 is 1.00 bits per heavy atom. The van der Waals surface area contributed by atoms with E-state index >= 15 is 0 Å². The fourth-order valence-corrected chi connectivity index (χ4v) is 2.26. The van der Waals surface area contributed by atoms with Crippen molar-refractivity contribution in [2.75, 3.05) is 6.61 Å². The second kappa shape index (κ2) is 8.22. The van der Waals surface area contributed by atoms with Gasteiger partial charge in [-0.3, -0.25) is 4.79 Å². The molecule has 0 aliphatic carbocycles. The molecule has 0 heterocycles. The van der Waals surface area contributed by atoms with Crippen LogP contribution in [0.4, 0.5) is 0 Å². The van der Waals surface area contributed by atoms with Gasteiger partial charge in [-0.2, -0.15) is 0 Å². The van der Waals surface area contributed by atoms with Crippen molar-refractivity contribution in [1.82, 2.24) is 0 Å².